The summed E-state index contributed by atoms with van der Waals surface area (Å²) in [5.41, 5.74) is -0.483. The Labute approximate surface area is 173 Å². The molecule has 2 rings (SSSR count). The summed E-state index contributed by atoms with van der Waals surface area (Å²) in [6, 6.07) is 4.69. The minimum absolute atomic E-state index is 0.316. The molecule has 1 fully saturated rings. The van der Waals surface area contributed by atoms with Gasteiger partial charge in [-0.2, -0.15) is 0 Å². The molecule has 28 heavy (non-hydrogen) atoms. The van der Waals surface area contributed by atoms with E-state index in [1.807, 2.05) is 20.8 Å². The Balaban J connectivity index is 1.79. The second-order valence-corrected chi connectivity index (χ2v) is 9.04. The number of carbonyl (C=O) groups excluding carboxylic acids is 1. The van der Waals surface area contributed by atoms with Crippen molar-refractivity contribution < 1.29 is 9.53 Å². The maximum atomic E-state index is 12.0. The predicted molar refractivity (Wildman–Crippen MR) is 116 cm³/mol. The first-order valence-corrected chi connectivity index (χ1v) is 10.8. The number of hydrogen-bond donors (Lipinski definition) is 2. The van der Waals surface area contributed by atoms with Crippen LogP contribution < -0.4 is 10.6 Å². The Morgan fingerprint density at radius 3 is 2.64 bits per heavy atom. The van der Waals surface area contributed by atoms with E-state index in [1.165, 1.54) is 17.7 Å². The molecule has 1 aliphatic rings. The van der Waals surface area contributed by atoms with Crippen LogP contribution >= 0.6 is 11.3 Å². The number of guanidine groups is 1. The molecule has 1 aromatic heterocycles. The Morgan fingerprint density at radius 1 is 1.36 bits per heavy atom. The predicted octanol–water partition coefficient (Wildman–Crippen LogP) is 2.92. The van der Waals surface area contributed by atoms with E-state index in [-0.39, 0.29) is 6.09 Å². The molecule has 2 heterocycles. The molecule has 1 saturated heterocycles. The number of aliphatic imine (C=N–C) groups is 1. The second kappa shape index (κ2) is 10.7. The van der Waals surface area contributed by atoms with Gasteiger partial charge in [0.1, 0.15) is 5.60 Å². The van der Waals surface area contributed by atoms with Gasteiger partial charge in [0.15, 0.2) is 5.96 Å². The summed E-state index contributed by atoms with van der Waals surface area (Å²) in [6.45, 7) is 9.85. The van der Waals surface area contributed by atoms with Gasteiger partial charge in [0.05, 0.1) is 6.04 Å². The number of nitrogens with one attached hydrogen (secondary N) is 2. The number of amides is 1. The van der Waals surface area contributed by atoms with Gasteiger partial charge in [-0.15, -0.1) is 11.3 Å². The minimum atomic E-state index is -0.483. The number of likely N-dealkylation sites (tertiary alicyclic amines) is 1. The summed E-state index contributed by atoms with van der Waals surface area (Å²) in [6.07, 6.45) is 2.22. The molecule has 2 N–H and O–H groups in total. The van der Waals surface area contributed by atoms with Gasteiger partial charge in [-0.1, -0.05) is 6.07 Å². The molecule has 1 unspecified atom stereocenters. The SMILES string of the molecule is CN=C(NCCN(C)C(=O)OC(C)(C)C)NCC(c1cccs1)N1CCCC1. The number of likely N-dealkylation sites (N-methyl/N-ethyl adjacent to an activating group) is 1. The van der Waals surface area contributed by atoms with Gasteiger partial charge in [0, 0.05) is 38.6 Å². The highest BCUT2D eigenvalue weighted by molar-refractivity contribution is 7.10. The zero-order valence-corrected chi connectivity index (χ0v) is 18.6. The van der Waals surface area contributed by atoms with Crippen LogP contribution in [0.15, 0.2) is 22.5 Å². The van der Waals surface area contributed by atoms with Crippen molar-refractivity contribution in [2.45, 2.75) is 45.3 Å². The van der Waals surface area contributed by atoms with Gasteiger partial charge in [-0.3, -0.25) is 9.89 Å². The van der Waals surface area contributed by atoms with E-state index < -0.39 is 5.60 Å². The Hall–Kier alpha value is -1.80. The molecule has 7 nitrogen and oxygen atoms in total. The zero-order valence-electron chi connectivity index (χ0n) is 17.8. The molecule has 0 bridgehead atoms. The lowest BCUT2D eigenvalue weighted by Gasteiger charge is -2.28. The van der Waals surface area contributed by atoms with E-state index in [1.54, 1.807) is 30.3 Å². The monoisotopic (exact) mass is 409 g/mol. The second-order valence-electron chi connectivity index (χ2n) is 8.06. The molecule has 158 valence electrons. The molecule has 1 aromatic rings. The van der Waals surface area contributed by atoms with Crippen molar-refractivity contribution in [1.82, 2.24) is 20.4 Å². The first kappa shape index (κ1) is 22.5. The standard InChI is InChI=1S/C20H35N5O2S/c1-20(2,3)27-19(26)24(5)13-10-22-18(21-4)23-15-16(17-9-8-14-28-17)25-11-6-7-12-25/h8-9,14,16H,6-7,10-13,15H2,1-5H3,(H2,21,22,23). The van der Waals surface area contributed by atoms with E-state index in [2.05, 4.69) is 38.0 Å². The van der Waals surface area contributed by atoms with Crippen LogP contribution in [0.4, 0.5) is 4.79 Å². The smallest absolute Gasteiger partial charge is 0.410 e. The summed E-state index contributed by atoms with van der Waals surface area (Å²) < 4.78 is 5.37. The highest BCUT2D eigenvalue weighted by Crippen LogP contribution is 2.27. The van der Waals surface area contributed by atoms with Crippen molar-refractivity contribution in [3.05, 3.63) is 22.4 Å². The van der Waals surface area contributed by atoms with E-state index in [0.717, 1.165) is 25.6 Å². The fraction of sp³-hybridized carbons (Fsp3) is 0.700. The molecule has 0 radical (unpaired) electrons. The quantitative estimate of drug-likeness (QED) is 0.535. The van der Waals surface area contributed by atoms with Crippen LogP contribution in [0.25, 0.3) is 0 Å². The van der Waals surface area contributed by atoms with Crippen LogP contribution in [0.5, 0.6) is 0 Å². The largest absolute Gasteiger partial charge is 0.444 e. The molecule has 1 amide bonds. The van der Waals surface area contributed by atoms with Gasteiger partial charge in [0.25, 0.3) is 0 Å². The lowest BCUT2D eigenvalue weighted by atomic mass is 10.2. The van der Waals surface area contributed by atoms with Crippen molar-refractivity contribution in [3.63, 3.8) is 0 Å². The average molecular weight is 410 g/mol. The highest BCUT2D eigenvalue weighted by Gasteiger charge is 2.24. The Kier molecular flexibility index (Phi) is 8.57. The molecule has 1 atom stereocenters. The molecule has 0 aromatic carbocycles. The molecule has 1 aliphatic heterocycles. The molecule has 0 aliphatic carbocycles. The fourth-order valence-corrected chi connectivity index (χ4v) is 3.99. The van der Waals surface area contributed by atoms with Crippen LogP contribution in [0, 0.1) is 0 Å². The number of ether oxygens (including phenoxy) is 1. The number of carbonyl (C=O) groups is 1. The maximum absolute atomic E-state index is 12.0. The molecular weight excluding hydrogens is 374 g/mol. The van der Waals surface area contributed by atoms with Crippen LogP contribution in [0.3, 0.4) is 0 Å². The Bertz CT molecular complexity index is 621. The third-order valence-corrected chi connectivity index (χ3v) is 5.56. The van der Waals surface area contributed by atoms with Gasteiger partial charge in [0.2, 0.25) is 0 Å². The molecular formula is C20H35N5O2S. The normalized spacial score (nSPS) is 16.7. The third kappa shape index (κ3) is 7.31. The lowest BCUT2D eigenvalue weighted by molar-refractivity contribution is 0.0302. The van der Waals surface area contributed by atoms with Gasteiger partial charge >= 0.3 is 6.09 Å². The van der Waals surface area contributed by atoms with Gasteiger partial charge in [-0.05, 0) is 58.1 Å². The minimum Gasteiger partial charge on any atom is -0.444 e. The highest BCUT2D eigenvalue weighted by atomic mass is 32.1. The number of nitrogens with zero attached hydrogens (tertiary/aromatic N) is 3. The zero-order chi connectivity index (χ0) is 20.6. The van der Waals surface area contributed by atoms with Crippen LogP contribution in [-0.2, 0) is 4.74 Å². The fourth-order valence-electron chi connectivity index (χ4n) is 3.13. The topological polar surface area (TPSA) is 69.2 Å². The van der Waals surface area contributed by atoms with Crippen molar-refractivity contribution >= 4 is 23.4 Å². The summed E-state index contributed by atoms with van der Waals surface area (Å²) in [5, 5.41) is 8.87. The van der Waals surface area contributed by atoms with Gasteiger partial charge < -0.3 is 20.3 Å². The van der Waals surface area contributed by atoms with E-state index in [0.29, 0.717) is 19.1 Å². The first-order valence-electron chi connectivity index (χ1n) is 9.96. The van der Waals surface area contributed by atoms with Crippen LogP contribution in [0.2, 0.25) is 0 Å². The number of rotatable bonds is 7. The summed E-state index contributed by atoms with van der Waals surface area (Å²) >= 11 is 1.81. The van der Waals surface area contributed by atoms with E-state index >= 15 is 0 Å². The summed E-state index contributed by atoms with van der Waals surface area (Å²) in [5.74, 6) is 0.748. The van der Waals surface area contributed by atoms with Crippen molar-refractivity contribution in [2.75, 3.05) is 46.8 Å². The number of thiophene rings is 1. The summed E-state index contributed by atoms with van der Waals surface area (Å²) in [4.78, 5) is 21.8. The van der Waals surface area contributed by atoms with E-state index in [4.69, 9.17) is 4.74 Å². The maximum Gasteiger partial charge on any atom is 0.410 e. The van der Waals surface area contributed by atoms with Crippen molar-refractivity contribution in [3.8, 4) is 0 Å². The van der Waals surface area contributed by atoms with Crippen LogP contribution in [-0.4, -0.2) is 74.3 Å². The number of hydrogen-bond acceptors (Lipinski definition) is 5. The van der Waals surface area contributed by atoms with Gasteiger partial charge in [-0.25, -0.2) is 4.79 Å². The molecule has 8 heteroatoms. The lowest BCUT2D eigenvalue weighted by Crippen LogP contribution is -2.45. The third-order valence-electron chi connectivity index (χ3n) is 4.58. The average Bonchev–Trinajstić information content (AvgIpc) is 3.33. The van der Waals surface area contributed by atoms with Crippen molar-refractivity contribution in [2.24, 2.45) is 4.99 Å². The molecule has 0 saturated carbocycles. The van der Waals surface area contributed by atoms with Crippen molar-refractivity contribution in [1.29, 1.82) is 0 Å². The Morgan fingerprint density at radius 2 is 2.07 bits per heavy atom. The van der Waals surface area contributed by atoms with E-state index in [9.17, 15) is 4.79 Å². The van der Waals surface area contributed by atoms with Crippen LogP contribution in [0.1, 0.15) is 44.5 Å². The summed E-state index contributed by atoms with van der Waals surface area (Å²) in [7, 11) is 3.51. The first-order chi connectivity index (χ1) is 13.3. The molecule has 0 spiro atoms.